The van der Waals surface area contributed by atoms with Gasteiger partial charge in [0.1, 0.15) is 22.1 Å². The summed E-state index contributed by atoms with van der Waals surface area (Å²) in [5.74, 6) is 2.30. The Balaban J connectivity index is 1.97. The highest BCUT2D eigenvalue weighted by Gasteiger charge is 2.24. The number of hydrogen-bond donors (Lipinski definition) is 0. The fourth-order valence-electron chi connectivity index (χ4n) is 3.40. The van der Waals surface area contributed by atoms with Gasteiger partial charge in [-0.25, -0.2) is 18.4 Å². The Bertz CT molecular complexity index is 1360. The lowest BCUT2D eigenvalue weighted by atomic mass is 10.2. The van der Waals surface area contributed by atoms with E-state index >= 15 is 0 Å². The summed E-state index contributed by atoms with van der Waals surface area (Å²) in [5.41, 5.74) is 2.93. The molecule has 0 unspecified atom stereocenters. The minimum Gasteiger partial charge on any atom is -0.497 e. The number of aromatic nitrogens is 3. The average molecular weight is 529 g/mol. The zero-order valence-corrected chi connectivity index (χ0v) is 23.1. The van der Waals surface area contributed by atoms with Gasteiger partial charge in [-0.15, -0.1) is 11.8 Å². The van der Waals surface area contributed by atoms with E-state index in [0.29, 0.717) is 28.0 Å². The van der Waals surface area contributed by atoms with E-state index in [9.17, 15) is 8.42 Å². The first-order valence-electron chi connectivity index (χ1n) is 11.5. The number of aliphatic imine (C=N–C) groups is 1. The van der Waals surface area contributed by atoms with Crippen LogP contribution >= 0.6 is 11.8 Å². The normalized spacial score (nSPS) is 12.1. The van der Waals surface area contributed by atoms with E-state index < -0.39 is 9.84 Å². The molecule has 0 aliphatic carbocycles. The summed E-state index contributed by atoms with van der Waals surface area (Å²) in [4.78, 5) is 13.5. The van der Waals surface area contributed by atoms with Crippen LogP contribution in [0.15, 0.2) is 51.4 Å². The third kappa shape index (κ3) is 6.36. The molecule has 0 spiro atoms. The quantitative estimate of drug-likeness (QED) is 0.311. The Labute approximate surface area is 217 Å². The van der Waals surface area contributed by atoms with E-state index in [-0.39, 0.29) is 22.4 Å². The molecule has 2 aromatic heterocycles. The van der Waals surface area contributed by atoms with Gasteiger partial charge in [-0.2, -0.15) is 0 Å². The molecule has 0 atom stereocenters. The van der Waals surface area contributed by atoms with E-state index in [0.717, 1.165) is 17.0 Å². The molecule has 0 N–H and O–H groups in total. The lowest BCUT2D eigenvalue weighted by Crippen LogP contribution is -2.11. The molecule has 2 heterocycles. The van der Waals surface area contributed by atoms with Gasteiger partial charge < -0.3 is 14.0 Å². The lowest BCUT2D eigenvalue weighted by Gasteiger charge is -2.13. The molecule has 192 valence electrons. The van der Waals surface area contributed by atoms with Gasteiger partial charge in [-0.1, -0.05) is 19.1 Å². The predicted octanol–water partition coefficient (Wildman–Crippen LogP) is 5.31. The van der Waals surface area contributed by atoms with Gasteiger partial charge in [-0.05, 0) is 51.3 Å². The molecule has 0 aliphatic rings. The zero-order chi connectivity index (χ0) is 26.5. The molecule has 1 aromatic carbocycles. The molecule has 0 radical (unpaired) electrons. The van der Waals surface area contributed by atoms with E-state index in [4.69, 9.17) is 14.5 Å². The molecule has 0 aliphatic heterocycles. The molecular formula is C26H32N4O4S2. The van der Waals surface area contributed by atoms with E-state index in [1.54, 1.807) is 14.0 Å². The van der Waals surface area contributed by atoms with Crippen LogP contribution in [0.1, 0.15) is 37.7 Å². The van der Waals surface area contributed by atoms with E-state index in [1.165, 1.54) is 24.0 Å². The van der Waals surface area contributed by atoms with Crippen LogP contribution in [0.4, 0.5) is 0 Å². The van der Waals surface area contributed by atoms with Crippen molar-refractivity contribution in [2.75, 3.05) is 12.9 Å². The number of methoxy groups -OCH3 is 1. The van der Waals surface area contributed by atoms with E-state index in [1.807, 2.05) is 62.7 Å². The zero-order valence-electron chi connectivity index (χ0n) is 21.5. The maximum absolute atomic E-state index is 12.9. The first-order valence-corrected chi connectivity index (χ1v) is 14.1. The fraction of sp³-hybridized carbons (Fsp3) is 0.346. The number of sulfone groups is 1. The van der Waals surface area contributed by atoms with Crippen molar-refractivity contribution in [1.29, 1.82) is 0 Å². The van der Waals surface area contributed by atoms with Crippen LogP contribution < -0.4 is 9.47 Å². The van der Waals surface area contributed by atoms with Crippen molar-refractivity contribution in [2.45, 2.75) is 44.4 Å². The van der Waals surface area contributed by atoms with Crippen LogP contribution in [0, 0.1) is 6.92 Å². The van der Waals surface area contributed by atoms with Gasteiger partial charge in [0.25, 0.3) is 0 Å². The van der Waals surface area contributed by atoms with Gasteiger partial charge in [0.05, 0.1) is 35.9 Å². The van der Waals surface area contributed by atoms with Gasteiger partial charge in [0, 0.05) is 24.6 Å². The van der Waals surface area contributed by atoms with E-state index in [2.05, 4.69) is 16.7 Å². The van der Waals surface area contributed by atoms with Crippen molar-refractivity contribution < 1.29 is 17.9 Å². The highest BCUT2D eigenvalue weighted by molar-refractivity contribution is 8.02. The van der Waals surface area contributed by atoms with Crippen molar-refractivity contribution >= 4 is 34.4 Å². The molecule has 3 aromatic rings. The number of ether oxygens (including phenoxy) is 2. The molecule has 10 heteroatoms. The molecule has 36 heavy (non-hydrogen) atoms. The first-order chi connectivity index (χ1) is 17.1. The highest BCUT2D eigenvalue weighted by Crippen LogP contribution is 2.32. The monoisotopic (exact) mass is 528 g/mol. The second-order valence-electron chi connectivity index (χ2n) is 8.33. The van der Waals surface area contributed by atoms with Crippen LogP contribution in [0.3, 0.4) is 0 Å². The lowest BCUT2D eigenvalue weighted by molar-refractivity contribution is 0.241. The third-order valence-electron chi connectivity index (χ3n) is 5.51. The summed E-state index contributed by atoms with van der Waals surface area (Å²) in [7, 11) is -0.106. The van der Waals surface area contributed by atoms with Crippen molar-refractivity contribution in [1.82, 2.24) is 14.5 Å². The summed E-state index contributed by atoms with van der Waals surface area (Å²) in [6.45, 7) is 11.0. The minimum absolute atomic E-state index is 0.0600. The Morgan fingerprint density at radius 2 is 1.94 bits per heavy atom. The van der Waals surface area contributed by atoms with Crippen LogP contribution in [0.25, 0.3) is 17.6 Å². The average Bonchev–Trinajstić information content (AvgIpc) is 3.14. The number of rotatable bonds is 11. The summed E-state index contributed by atoms with van der Waals surface area (Å²) in [6, 6.07) is 9.38. The van der Waals surface area contributed by atoms with Gasteiger partial charge in [0.2, 0.25) is 0 Å². The maximum atomic E-state index is 12.9. The van der Waals surface area contributed by atoms with Crippen LogP contribution in [-0.2, 0) is 22.6 Å². The number of imidazole rings is 1. The molecule has 3 rings (SSSR count). The van der Waals surface area contributed by atoms with Crippen molar-refractivity contribution in [2.24, 2.45) is 12.0 Å². The summed E-state index contributed by atoms with van der Waals surface area (Å²) < 4.78 is 38.6. The molecular weight excluding hydrogens is 496 g/mol. The summed E-state index contributed by atoms with van der Waals surface area (Å²) in [6.07, 6.45) is 3.28. The standard InChI is InChI=1S/C26H32N4O4S2/c1-8-36(31,32)23-13-21(34-17(2)3)15-28-25(23)26-29-22(18(4)30(26)6)14-24(27-5)35-16-19-9-11-20(33-7)12-10-19/h9-15,17H,5,8,16H2,1-4,6-7H3/b24-14+. The van der Waals surface area contributed by atoms with Gasteiger partial charge in [0.15, 0.2) is 15.7 Å². The molecule has 0 saturated heterocycles. The van der Waals surface area contributed by atoms with Crippen molar-refractivity contribution in [3.8, 4) is 23.0 Å². The number of benzene rings is 1. The highest BCUT2D eigenvalue weighted by atomic mass is 32.2. The predicted molar refractivity (Wildman–Crippen MR) is 146 cm³/mol. The topological polar surface area (TPSA) is 95.7 Å². The SMILES string of the molecule is C=N/C(=C\c1nc(-c2ncc(OC(C)C)cc2S(=O)(=O)CC)n(C)c1C)SCc1ccc(OC)cc1. The maximum Gasteiger partial charge on any atom is 0.180 e. The Morgan fingerprint density at radius 1 is 1.25 bits per heavy atom. The number of pyridine rings is 1. The number of thioether (sulfide) groups is 1. The molecule has 0 amide bonds. The largest absolute Gasteiger partial charge is 0.497 e. The second kappa shape index (κ2) is 11.7. The Kier molecular flexibility index (Phi) is 8.97. The minimum atomic E-state index is -3.58. The van der Waals surface area contributed by atoms with Crippen molar-refractivity contribution in [3.63, 3.8) is 0 Å². The number of nitrogens with zero attached hydrogens (tertiary/aromatic N) is 4. The molecule has 0 bridgehead atoms. The second-order valence-corrected chi connectivity index (χ2v) is 11.6. The van der Waals surface area contributed by atoms with Gasteiger partial charge >= 0.3 is 0 Å². The molecule has 0 saturated carbocycles. The smallest absolute Gasteiger partial charge is 0.180 e. The number of hydrogen-bond acceptors (Lipinski definition) is 8. The van der Waals surface area contributed by atoms with Gasteiger partial charge in [-0.3, -0.25) is 4.99 Å². The third-order valence-corrected chi connectivity index (χ3v) is 8.27. The molecule has 0 fully saturated rings. The summed E-state index contributed by atoms with van der Waals surface area (Å²) >= 11 is 1.54. The Morgan fingerprint density at radius 3 is 2.53 bits per heavy atom. The Hall–Kier alpha value is -3.11. The summed E-state index contributed by atoms with van der Waals surface area (Å²) in [5, 5.41) is 0.702. The van der Waals surface area contributed by atoms with Crippen LogP contribution in [0.2, 0.25) is 0 Å². The van der Waals surface area contributed by atoms with Crippen LogP contribution in [0.5, 0.6) is 11.5 Å². The molecule has 8 nitrogen and oxygen atoms in total. The van der Waals surface area contributed by atoms with Crippen molar-refractivity contribution in [3.05, 3.63) is 58.5 Å². The fourth-order valence-corrected chi connectivity index (χ4v) is 5.24. The first kappa shape index (κ1) is 27.5. The van der Waals surface area contributed by atoms with Crippen LogP contribution in [-0.4, -0.2) is 48.6 Å².